The Morgan fingerprint density at radius 3 is 2.96 bits per heavy atom. The van der Waals surface area contributed by atoms with E-state index >= 15 is 0 Å². The van der Waals surface area contributed by atoms with Gasteiger partial charge in [-0.25, -0.2) is 0 Å². The van der Waals surface area contributed by atoms with Crippen molar-refractivity contribution in [2.45, 2.75) is 24.7 Å². The van der Waals surface area contributed by atoms with Gasteiger partial charge in [0.25, 0.3) is 0 Å². The van der Waals surface area contributed by atoms with Gasteiger partial charge in [0, 0.05) is 22.7 Å². The highest BCUT2D eigenvalue weighted by Crippen LogP contribution is 2.65. The summed E-state index contributed by atoms with van der Waals surface area (Å²) >= 11 is 0. The first kappa shape index (κ1) is 13.6. The normalized spacial score (nSPS) is 24.2. The molecule has 1 spiro atoms. The Morgan fingerprint density at radius 1 is 1.25 bits per heavy atom. The van der Waals surface area contributed by atoms with Crippen LogP contribution in [-0.2, 0) is 10.2 Å². The molecular formula is C19H17N3O2. The molecule has 24 heavy (non-hydrogen) atoms. The summed E-state index contributed by atoms with van der Waals surface area (Å²) in [4.78, 5) is 12.7. The number of ether oxygens (including phenoxy) is 1. The molecule has 0 bridgehead atoms. The monoisotopic (exact) mass is 319 g/mol. The second kappa shape index (κ2) is 4.38. The second-order valence-corrected chi connectivity index (χ2v) is 6.72. The van der Waals surface area contributed by atoms with Gasteiger partial charge in [-0.3, -0.25) is 9.89 Å². The number of aromatic amines is 1. The van der Waals surface area contributed by atoms with Gasteiger partial charge in [-0.2, -0.15) is 5.10 Å². The van der Waals surface area contributed by atoms with Crippen molar-refractivity contribution < 1.29 is 9.53 Å². The van der Waals surface area contributed by atoms with Crippen LogP contribution in [0.5, 0.6) is 5.75 Å². The zero-order chi connectivity index (χ0) is 16.5. The molecule has 1 aliphatic heterocycles. The molecule has 0 radical (unpaired) electrons. The van der Waals surface area contributed by atoms with E-state index in [2.05, 4.69) is 33.7 Å². The summed E-state index contributed by atoms with van der Waals surface area (Å²) in [5.41, 5.74) is 4.69. The number of nitrogens with zero attached hydrogens (tertiary/aromatic N) is 1. The SMILES string of the molecule is COc1ccc2c(c1)C1(CC1c1ccc3c(C)[nH]nc3c1)C(=O)N2. The number of carbonyl (C=O) groups excluding carboxylic acids is 1. The number of hydrogen-bond acceptors (Lipinski definition) is 3. The average Bonchev–Trinajstić information content (AvgIpc) is 3.17. The van der Waals surface area contributed by atoms with E-state index in [9.17, 15) is 4.79 Å². The Labute approximate surface area is 139 Å². The van der Waals surface area contributed by atoms with Crippen LogP contribution in [0, 0.1) is 6.92 Å². The van der Waals surface area contributed by atoms with Gasteiger partial charge in [0.1, 0.15) is 5.75 Å². The molecule has 1 aromatic heterocycles. The molecule has 1 amide bonds. The van der Waals surface area contributed by atoms with Crippen LogP contribution in [0.3, 0.4) is 0 Å². The number of fused-ring (bicyclic) bond motifs is 3. The summed E-state index contributed by atoms with van der Waals surface area (Å²) in [6, 6.07) is 12.1. The third kappa shape index (κ3) is 1.59. The van der Waals surface area contributed by atoms with Gasteiger partial charge in [0.05, 0.1) is 18.0 Å². The largest absolute Gasteiger partial charge is 0.497 e. The van der Waals surface area contributed by atoms with Gasteiger partial charge >= 0.3 is 0 Å². The number of anilines is 1. The number of carbonyl (C=O) groups is 1. The zero-order valence-corrected chi connectivity index (χ0v) is 13.5. The average molecular weight is 319 g/mol. The molecule has 2 N–H and O–H groups in total. The van der Waals surface area contributed by atoms with Crippen LogP contribution in [0.25, 0.3) is 10.9 Å². The van der Waals surface area contributed by atoms with Crippen LogP contribution in [0.2, 0.25) is 0 Å². The molecule has 5 rings (SSSR count). The number of amides is 1. The number of hydrogen-bond donors (Lipinski definition) is 2. The predicted molar refractivity (Wildman–Crippen MR) is 91.5 cm³/mol. The molecule has 2 unspecified atom stereocenters. The lowest BCUT2D eigenvalue weighted by molar-refractivity contribution is -0.118. The highest BCUT2D eigenvalue weighted by molar-refractivity contribution is 6.10. The number of rotatable bonds is 2. The van der Waals surface area contributed by atoms with Crippen molar-refractivity contribution in [1.29, 1.82) is 0 Å². The van der Waals surface area contributed by atoms with Gasteiger partial charge in [0.15, 0.2) is 0 Å². The lowest BCUT2D eigenvalue weighted by Crippen LogP contribution is -2.21. The van der Waals surface area contributed by atoms with E-state index in [0.717, 1.165) is 40.0 Å². The van der Waals surface area contributed by atoms with Crippen LogP contribution in [-0.4, -0.2) is 23.2 Å². The highest BCUT2D eigenvalue weighted by Gasteiger charge is 2.65. The molecule has 3 aromatic rings. The van der Waals surface area contributed by atoms with Crippen LogP contribution in [0.4, 0.5) is 5.69 Å². The van der Waals surface area contributed by atoms with Crippen molar-refractivity contribution >= 4 is 22.5 Å². The van der Waals surface area contributed by atoms with Gasteiger partial charge in [0.2, 0.25) is 5.91 Å². The first-order valence-electron chi connectivity index (χ1n) is 8.08. The molecule has 2 aliphatic rings. The molecule has 2 aromatic carbocycles. The smallest absolute Gasteiger partial charge is 0.235 e. The molecule has 2 heterocycles. The number of methoxy groups -OCH3 is 1. The van der Waals surface area contributed by atoms with Gasteiger partial charge < -0.3 is 10.1 Å². The number of aromatic nitrogens is 2. The number of aryl methyl sites for hydroxylation is 1. The van der Waals surface area contributed by atoms with E-state index in [-0.39, 0.29) is 11.8 Å². The van der Waals surface area contributed by atoms with Crippen LogP contribution >= 0.6 is 0 Å². The Balaban J connectivity index is 1.60. The van der Waals surface area contributed by atoms with Gasteiger partial charge in [-0.05, 0) is 48.7 Å². The molecule has 5 nitrogen and oxygen atoms in total. The Kier molecular flexibility index (Phi) is 2.48. The zero-order valence-electron chi connectivity index (χ0n) is 13.5. The summed E-state index contributed by atoms with van der Waals surface area (Å²) in [6.45, 7) is 2.01. The standard InChI is InChI=1S/C19H17N3O2/c1-10-13-5-3-11(7-17(13)22-21-10)15-9-19(15)14-8-12(24-2)4-6-16(14)20-18(19)23/h3-8,15H,9H2,1-2H3,(H,20,23)(H,21,22). The molecule has 0 saturated heterocycles. The van der Waals surface area contributed by atoms with Crippen molar-refractivity contribution in [3.8, 4) is 5.75 Å². The molecule has 120 valence electrons. The van der Waals surface area contributed by atoms with Crippen molar-refractivity contribution in [3.05, 3.63) is 53.2 Å². The summed E-state index contributed by atoms with van der Waals surface area (Å²) in [7, 11) is 1.65. The minimum Gasteiger partial charge on any atom is -0.497 e. The summed E-state index contributed by atoms with van der Waals surface area (Å²) in [5.74, 6) is 1.06. The maximum atomic E-state index is 12.7. The summed E-state index contributed by atoms with van der Waals surface area (Å²) in [5, 5.41) is 11.5. The van der Waals surface area contributed by atoms with E-state index < -0.39 is 5.41 Å². The van der Waals surface area contributed by atoms with Crippen molar-refractivity contribution in [2.24, 2.45) is 0 Å². The van der Waals surface area contributed by atoms with Crippen LogP contribution in [0.15, 0.2) is 36.4 Å². The molecule has 5 heteroatoms. The lowest BCUT2D eigenvalue weighted by Gasteiger charge is -2.10. The Morgan fingerprint density at radius 2 is 2.12 bits per heavy atom. The van der Waals surface area contributed by atoms with E-state index in [1.807, 2.05) is 25.1 Å². The fraction of sp³-hybridized carbons (Fsp3) is 0.263. The number of benzene rings is 2. The number of nitrogens with one attached hydrogen (secondary N) is 2. The first-order chi connectivity index (χ1) is 11.6. The number of H-pyrrole nitrogens is 1. The van der Waals surface area contributed by atoms with Crippen LogP contribution in [0.1, 0.15) is 29.2 Å². The highest BCUT2D eigenvalue weighted by atomic mass is 16.5. The molecule has 1 saturated carbocycles. The van der Waals surface area contributed by atoms with E-state index in [4.69, 9.17) is 4.74 Å². The van der Waals surface area contributed by atoms with Crippen LogP contribution < -0.4 is 10.1 Å². The molecule has 1 fully saturated rings. The Bertz CT molecular complexity index is 1010. The summed E-state index contributed by atoms with van der Waals surface area (Å²) < 4.78 is 5.34. The summed E-state index contributed by atoms with van der Waals surface area (Å²) in [6.07, 6.45) is 0.827. The molecule has 2 atom stereocenters. The fourth-order valence-electron chi connectivity index (χ4n) is 4.08. The minimum atomic E-state index is -0.455. The maximum absolute atomic E-state index is 12.7. The third-order valence-electron chi connectivity index (χ3n) is 5.49. The van der Waals surface area contributed by atoms with E-state index in [1.54, 1.807) is 7.11 Å². The molecule has 1 aliphatic carbocycles. The third-order valence-corrected chi connectivity index (χ3v) is 5.49. The molecular weight excluding hydrogens is 302 g/mol. The van der Waals surface area contributed by atoms with Crippen molar-refractivity contribution in [2.75, 3.05) is 12.4 Å². The van der Waals surface area contributed by atoms with Crippen molar-refractivity contribution in [1.82, 2.24) is 10.2 Å². The predicted octanol–water partition coefficient (Wildman–Crippen LogP) is 3.26. The fourth-order valence-corrected chi connectivity index (χ4v) is 4.08. The van der Waals surface area contributed by atoms with Gasteiger partial charge in [-0.1, -0.05) is 12.1 Å². The van der Waals surface area contributed by atoms with E-state index in [0.29, 0.717) is 0 Å². The lowest BCUT2D eigenvalue weighted by atomic mass is 9.91. The quantitative estimate of drug-likeness (QED) is 0.762. The minimum absolute atomic E-state index is 0.0917. The second-order valence-electron chi connectivity index (χ2n) is 6.72. The Hall–Kier alpha value is -2.82. The van der Waals surface area contributed by atoms with E-state index in [1.165, 1.54) is 5.56 Å². The topological polar surface area (TPSA) is 67.0 Å². The maximum Gasteiger partial charge on any atom is 0.235 e. The van der Waals surface area contributed by atoms with Crippen molar-refractivity contribution in [3.63, 3.8) is 0 Å². The first-order valence-corrected chi connectivity index (χ1v) is 8.08. The van der Waals surface area contributed by atoms with Gasteiger partial charge in [-0.15, -0.1) is 0 Å².